The Labute approximate surface area is 119 Å². The van der Waals surface area contributed by atoms with Crippen molar-refractivity contribution in [3.05, 3.63) is 30.7 Å². The van der Waals surface area contributed by atoms with Crippen LogP contribution in [0.15, 0.2) is 30.7 Å². The highest BCUT2D eigenvalue weighted by Gasteiger charge is 2.13. The molecule has 5 heteroatoms. The Morgan fingerprint density at radius 2 is 2.00 bits per heavy atom. The van der Waals surface area contributed by atoms with Crippen LogP contribution < -0.4 is 10.2 Å². The van der Waals surface area contributed by atoms with Crippen LogP contribution in [0.4, 0.5) is 11.6 Å². The van der Waals surface area contributed by atoms with Crippen molar-refractivity contribution in [2.75, 3.05) is 29.9 Å². The van der Waals surface area contributed by atoms with Gasteiger partial charge in [-0.2, -0.15) is 0 Å². The Balaban J connectivity index is 1.81. The highest BCUT2D eigenvalue weighted by atomic mass is 15.2. The highest BCUT2D eigenvalue weighted by molar-refractivity contribution is 5.62. The number of nitrogens with zero attached hydrogens (tertiary/aromatic N) is 4. The van der Waals surface area contributed by atoms with E-state index in [-0.39, 0.29) is 0 Å². The molecule has 1 aliphatic heterocycles. The van der Waals surface area contributed by atoms with Crippen molar-refractivity contribution in [3.63, 3.8) is 0 Å². The zero-order valence-corrected chi connectivity index (χ0v) is 11.7. The van der Waals surface area contributed by atoms with E-state index in [1.54, 1.807) is 6.33 Å². The molecule has 3 rings (SSSR count). The van der Waals surface area contributed by atoms with Gasteiger partial charge in [0.2, 0.25) is 0 Å². The maximum absolute atomic E-state index is 4.56. The second-order valence-corrected chi connectivity index (χ2v) is 4.92. The van der Waals surface area contributed by atoms with Crippen LogP contribution in [0.5, 0.6) is 0 Å². The van der Waals surface area contributed by atoms with Crippen LogP contribution in [0, 0.1) is 0 Å². The van der Waals surface area contributed by atoms with Crippen molar-refractivity contribution in [2.24, 2.45) is 0 Å². The molecule has 0 radical (unpaired) electrons. The monoisotopic (exact) mass is 269 g/mol. The summed E-state index contributed by atoms with van der Waals surface area (Å²) in [6.45, 7) is 5.13. The van der Waals surface area contributed by atoms with Crippen molar-refractivity contribution in [3.8, 4) is 11.3 Å². The van der Waals surface area contributed by atoms with Crippen molar-refractivity contribution in [1.29, 1.82) is 0 Å². The first-order chi connectivity index (χ1) is 9.86. The Hall–Kier alpha value is -2.17. The lowest BCUT2D eigenvalue weighted by molar-refractivity contribution is 0.938. The molecule has 0 aromatic carbocycles. The second-order valence-electron chi connectivity index (χ2n) is 4.92. The van der Waals surface area contributed by atoms with Gasteiger partial charge in [-0.15, -0.1) is 0 Å². The molecular formula is C15H19N5. The summed E-state index contributed by atoms with van der Waals surface area (Å²) in [5, 5.41) is 3.19. The molecule has 5 nitrogen and oxygen atoms in total. The minimum Gasteiger partial charge on any atom is -0.370 e. The van der Waals surface area contributed by atoms with Gasteiger partial charge in [0.25, 0.3) is 0 Å². The average Bonchev–Trinajstić information content (AvgIpc) is 3.02. The molecule has 0 saturated carbocycles. The molecule has 2 aromatic rings. The van der Waals surface area contributed by atoms with Gasteiger partial charge < -0.3 is 10.2 Å². The first kappa shape index (κ1) is 12.8. The van der Waals surface area contributed by atoms with Crippen molar-refractivity contribution < 1.29 is 0 Å². The normalized spacial score (nSPS) is 14.6. The predicted octanol–water partition coefficient (Wildman–Crippen LogP) is 2.57. The van der Waals surface area contributed by atoms with Gasteiger partial charge in [0.15, 0.2) is 0 Å². The lowest BCUT2D eigenvalue weighted by Gasteiger charge is -2.16. The molecule has 0 bridgehead atoms. The van der Waals surface area contributed by atoms with Crippen molar-refractivity contribution in [2.45, 2.75) is 19.8 Å². The third kappa shape index (κ3) is 2.71. The largest absolute Gasteiger partial charge is 0.370 e. The van der Waals surface area contributed by atoms with Crippen LogP contribution in [-0.4, -0.2) is 34.6 Å². The summed E-state index contributed by atoms with van der Waals surface area (Å²) in [5.74, 6) is 1.91. The quantitative estimate of drug-likeness (QED) is 0.924. The Morgan fingerprint density at radius 3 is 2.70 bits per heavy atom. The highest BCUT2D eigenvalue weighted by Crippen LogP contribution is 2.22. The van der Waals surface area contributed by atoms with Gasteiger partial charge in [0.1, 0.15) is 18.0 Å². The van der Waals surface area contributed by atoms with E-state index in [9.17, 15) is 0 Å². The fraction of sp³-hybridized carbons (Fsp3) is 0.400. The van der Waals surface area contributed by atoms with E-state index in [1.165, 1.54) is 12.8 Å². The summed E-state index contributed by atoms with van der Waals surface area (Å²) in [6.07, 6.45) is 6.01. The lowest BCUT2D eigenvalue weighted by atomic mass is 10.2. The summed E-state index contributed by atoms with van der Waals surface area (Å²) in [7, 11) is 0. The van der Waals surface area contributed by atoms with Gasteiger partial charge in [-0.3, -0.25) is 0 Å². The molecule has 0 amide bonds. The van der Waals surface area contributed by atoms with Crippen LogP contribution in [0.25, 0.3) is 11.3 Å². The molecule has 0 atom stereocenters. The number of aromatic nitrogens is 3. The molecular weight excluding hydrogens is 250 g/mol. The number of hydrogen-bond acceptors (Lipinski definition) is 5. The number of pyridine rings is 1. The van der Waals surface area contributed by atoms with Gasteiger partial charge in [0.05, 0.1) is 5.69 Å². The molecule has 0 spiro atoms. The van der Waals surface area contributed by atoms with E-state index in [4.69, 9.17) is 0 Å². The van der Waals surface area contributed by atoms with Crippen LogP contribution >= 0.6 is 0 Å². The van der Waals surface area contributed by atoms with Gasteiger partial charge in [-0.1, -0.05) is 0 Å². The SMILES string of the molecule is CCNc1cc(-c2ccc(N3CCCC3)nc2)ncn1. The average molecular weight is 269 g/mol. The maximum atomic E-state index is 4.56. The molecule has 1 fully saturated rings. The fourth-order valence-electron chi connectivity index (χ4n) is 2.46. The minimum atomic E-state index is 0.848. The van der Waals surface area contributed by atoms with Crippen LogP contribution in [0.2, 0.25) is 0 Å². The summed E-state index contributed by atoms with van der Waals surface area (Å²) in [5.41, 5.74) is 1.92. The molecule has 3 heterocycles. The molecule has 1 N–H and O–H groups in total. The van der Waals surface area contributed by atoms with Crippen LogP contribution in [0.1, 0.15) is 19.8 Å². The van der Waals surface area contributed by atoms with Gasteiger partial charge in [-0.25, -0.2) is 15.0 Å². The topological polar surface area (TPSA) is 53.9 Å². The maximum Gasteiger partial charge on any atom is 0.129 e. The summed E-state index contributed by atoms with van der Waals surface area (Å²) < 4.78 is 0. The van der Waals surface area contributed by atoms with E-state index in [1.807, 2.05) is 19.2 Å². The number of rotatable bonds is 4. The third-order valence-corrected chi connectivity index (χ3v) is 3.50. The summed E-state index contributed by atoms with van der Waals surface area (Å²) >= 11 is 0. The van der Waals surface area contributed by atoms with Crippen molar-refractivity contribution >= 4 is 11.6 Å². The predicted molar refractivity (Wildman–Crippen MR) is 80.9 cm³/mol. The number of hydrogen-bond donors (Lipinski definition) is 1. The molecule has 2 aromatic heterocycles. The fourth-order valence-corrected chi connectivity index (χ4v) is 2.46. The Morgan fingerprint density at radius 1 is 1.15 bits per heavy atom. The van der Waals surface area contributed by atoms with Gasteiger partial charge in [-0.05, 0) is 31.9 Å². The summed E-state index contributed by atoms with van der Waals surface area (Å²) in [4.78, 5) is 15.4. The number of anilines is 2. The zero-order chi connectivity index (χ0) is 13.8. The first-order valence-corrected chi connectivity index (χ1v) is 7.14. The third-order valence-electron chi connectivity index (χ3n) is 3.50. The lowest BCUT2D eigenvalue weighted by Crippen LogP contribution is -2.18. The van der Waals surface area contributed by atoms with Crippen LogP contribution in [0.3, 0.4) is 0 Å². The van der Waals surface area contributed by atoms with E-state index in [0.29, 0.717) is 0 Å². The van der Waals surface area contributed by atoms with Gasteiger partial charge >= 0.3 is 0 Å². The zero-order valence-electron chi connectivity index (χ0n) is 11.7. The summed E-state index contributed by atoms with van der Waals surface area (Å²) in [6, 6.07) is 6.12. The van der Waals surface area contributed by atoms with E-state index >= 15 is 0 Å². The number of nitrogens with one attached hydrogen (secondary N) is 1. The smallest absolute Gasteiger partial charge is 0.129 e. The Bertz CT molecular complexity index is 561. The first-order valence-electron chi connectivity index (χ1n) is 7.14. The molecule has 0 unspecified atom stereocenters. The van der Waals surface area contributed by atoms with E-state index < -0.39 is 0 Å². The molecule has 1 saturated heterocycles. The Kier molecular flexibility index (Phi) is 3.76. The van der Waals surface area contributed by atoms with Gasteiger partial charge in [0, 0.05) is 37.5 Å². The minimum absolute atomic E-state index is 0.848. The molecule has 20 heavy (non-hydrogen) atoms. The van der Waals surface area contributed by atoms with E-state index in [2.05, 4.69) is 37.3 Å². The van der Waals surface area contributed by atoms with Crippen molar-refractivity contribution in [1.82, 2.24) is 15.0 Å². The molecule has 1 aliphatic rings. The second kappa shape index (κ2) is 5.86. The molecule has 0 aliphatic carbocycles. The standard InChI is InChI=1S/C15H19N5/c1-2-16-14-9-13(18-11-19-14)12-5-6-15(17-10-12)20-7-3-4-8-20/h5-6,9-11H,2-4,7-8H2,1H3,(H,16,18,19). The van der Waals surface area contributed by atoms with E-state index in [0.717, 1.165) is 42.5 Å². The molecule has 104 valence electrons. The van der Waals surface area contributed by atoms with Crippen LogP contribution in [-0.2, 0) is 0 Å².